The monoisotopic (exact) mass is 282 g/mol. The molecule has 2 nitrogen and oxygen atoms in total. The number of aromatic nitrogens is 1. The second-order valence-corrected chi connectivity index (χ2v) is 6.51. The summed E-state index contributed by atoms with van der Waals surface area (Å²) in [6.45, 7) is 4.88. The van der Waals surface area contributed by atoms with Crippen molar-refractivity contribution in [2.75, 3.05) is 6.54 Å². The Hall–Kier alpha value is -1.71. The van der Waals surface area contributed by atoms with Crippen LogP contribution in [-0.2, 0) is 5.41 Å². The minimum Gasteiger partial charge on any atom is -0.330 e. The summed E-state index contributed by atoms with van der Waals surface area (Å²) in [6.07, 6.45) is 0. The van der Waals surface area contributed by atoms with Gasteiger partial charge in [-0.05, 0) is 10.8 Å². The van der Waals surface area contributed by atoms with Crippen LogP contribution in [0.2, 0.25) is 0 Å². The number of hydrogen-bond acceptors (Lipinski definition) is 3. The molecule has 0 aliphatic rings. The minimum atomic E-state index is -0.0620. The van der Waals surface area contributed by atoms with Crippen molar-refractivity contribution in [3.05, 3.63) is 52.9 Å². The smallest absolute Gasteiger partial charge is 0.100 e. The molecule has 1 heterocycles. The van der Waals surface area contributed by atoms with Gasteiger partial charge in [-0.25, -0.2) is 4.98 Å². The van der Waals surface area contributed by atoms with Gasteiger partial charge in [0.2, 0.25) is 0 Å². The lowest BCUT2D eigenvalue weighted by Gasteiger charge is -2.18. The first-order valence-corrected chi connectivity index (χ1v) is 7.64. The molecule has 0 saturated heterocycles. The Kier molecular flexibility index (Phi) is 3.32. The highest BCUT2D eigenvalue weighted by molar-refractivity contribution is 7.10. The zero-order valence-corrected chi connectivity index (χ0v) is 12.6. The van der Waals surface area contributed by atoms with Crippen LogP contribution in [0, 0.1) is 0 Å². The Morgan fingerprint density at radius 1 is 1.10 bits per heavy atom. The number of nitrogens with zero attached hydrogens (tertiary/aromatic N) is 1. The molecule has 0 amide bonds. The van der Waals surface area contributed by atoms with E-state index in [2.05, 4.69) is 61.7 Å². The largest absolute Gasteiger partial charge is 0.330 e. The molecule has 20 heavy (non-hydrogen) atoms. The molecule has 0 fully saturated rings. The van der Waals surface area contributed by atoms with Crippen LogP contribution in [0.5, 0.6) is 0 Å². The highest BCUT2D eigenvalue weighted by Crippen LogP contribution is 2.33. The van der Waals surface area contributed by atoms with Gasteiger partial charge in [0.15, 0.2) is 0 Å². The highest BCUT2D eigenvalue weighted by Gasteiger charge is 2.23. The maximum absolute atomic E-state index is 5.84. The van der Waals surface area contributed by atoms with Gasteiger partial charge in [0.25, 0.3) is 0 Å². The predicted molar refractivity (Wildman–Crippen MR) is 87.1 cm³/mol. The number of thiazole rings is 1. The Balaban J connectivity index is 2.13. The average Bonchev–Trinajstić information content (AvgIpc) is 2.97. The van der Waals surface area contributed by atoms with E-state index in [1.807, 2.05) is 0 Å². The van der Waals surface area contributed by atoms with Crippen LogP contribution in [-0.4, -0.2) is 11.5 Å². The van der Waals surface area contributed by atoms with Crippen LogP contribution < -0.4 is 5.73 Å². The van der Waals surface area contributed by atoms with Gasteiger partial charge in [0.1, 0.15) is 5.01 Å². The fourth-order valence-corrected chi connectivity index (χ4v) is 3.20. The summed E-state index contributed by atoms with van der Waals surface area (Å²) < 4.78 is 0. The first-order chi connectivity index (χ1) is 9.62. The third kappa shape index (κ3) is 2.23. The second kappa shape index (κ2) is 5.00. The lowest BCUT2D eigenvalue weighted by Crippen LogP contribution is -2.27. The summed E-state index contributed by atoms with van der Waals surface area (Å²) in [5, 5.41) is 5.73. The lowest BCUT2D eigenvalue weighted by atomic mass is 9.95. The van der Waals surface area contributed by atoms with Crippen LogP contribution in [0.4, 0.5) is 0 Å². The predicted octanol–water partition coefficient (Wildman–Crippen LogP) is 4.20. The van der Waals surface area contributed by atoms with Crippen LogP contribution in [0.15, 0.2) is 47.8 Å². The summed E-state index contributed by atoms with van der Waals surface area (Å²) >= 11 is 1.69. The van der Waals surface area contributed by atoms with Gasteiger partial charge < -0.3 is 5.73 Å². The summed E-state index contributed by atoms with van der Waals surface area (Å²) in [5.74, 6) is 0. The van der Waals surface area contributed by atoms with Gasteiger partial charge in [-0.15, -0.1) is 11.3 Å². The molecule has 3 heteroatoms. The molecule has 0 aliphatic carbocycles. The second-order valence-electron chi connectivity index (χ2n) is 5.65. The highest BCUT2D eigenvalue weighted by atomic mass is 32.1. The Morgan fingerprint density at radius 3 is 2.65 bits per heavy atom. The van der Waals surface area contributed by atoms with Gasteiger partial charge >= 0.3 is 0 Å². The van der Waals surface area contributed by atoms with Crippen molar-refractivity contribution in [3.8, 4) is 11.3 Å². The number of fused-ring (bicyclic) bond motifs is 1. The van der Waals surface area contributed by atoms with E-state index in [9.17, 15) is 0 Å². The van der Waals surface area contributed by atoms with Crippen molar-refractivity contribution >= 4 is 22.1 Å². The molecule has 1 aromatic heterocycles. The molecule has 2 aromatic carbocycles. The standard InChI is InChI=1S/C17H18N2S/c1-17(2,11-18)16-19-15(10-20-16)14-9-5-7-12-6-3-4-8-13(12)14/h3-10H,11,18H2,1-2H3. The van der Waals surface area contributed by atoms with Gasteiger partial charge in [-0.2, -0.15) is 0 Å². The molecule has 0 unspecified atom stereocenters. The van der Waals surface area contributed by atoms with Crippen molar-refractivity contribution < 1.29 is 0 Å². The van der Waals surface area contributed by atoms with Crippen LogP contribution in [0.1, 0.15) is 18.9 Å². The summed E-state index contributed by atoms with van der Waals surface area (Å²) in [7, 11) is 0. The van der Waals surface area contributed by atoms with Crippen LogP contribution in [0.25, 0.3) is 22.0 Å². The Bertz CT molecular complexity index is 738. The molecule has 0 bridgehead atoms. The molecule has 0 spiro atoms. The average molecular weight is 282 g/mol. The molecular formula is C17H18N2S. The molecule has 3 rings (SSSR count). The minimum absolute atomic E-state index is 0.0620. The quantitative estimate of drug-likeness (QED) is 0.782. The first-order valence-electron chi connectivity index (χ1n) is 6.76. The maximum atomic E-state index is 5.84. The Morgan fingerprint density at radius 2 is 1.85 bits per heavy atom. The molecule has 3 aromatic rings. The first kappa shape index (κ1) is 13.3. The summed E-state index contributed by atoms with van der Waals surface area (Å²) in [6, 6.07) is 14.8. The van der Waals surface area contributed by atoms with Crippen molar-refractivity contribution in [1.82, 2.24) is 4.98 Å². The SMILES string of the molecule is CC(C)(CN)c1nc(-c2cccc3ccccc23)cs1. The van der Waals surface area contributed by atoms with E-state index in [-0.39, 0.29) is 5.41 Å². The van der Waals surface area contributed by atoms with E-state index in [4.69, 9.17) is 10.7 Å². The van der Waals surface area contributed by atoms with E-state index < -0.39 is 0 Å². The normalized spacial score (nSPS) is 11.9. The summed E-state index contributed by atoms with van der Waals surface area (Å²) in [4.78, 5) is 4.81. The van der Waals surface area contributed by atoms with Crippen molar-refractivity contribution in [1.29, 1.82) is 0 Å². The fourth-order valence-electron chi connectivity index (χ4n) is 2.24. The molecule has 0 atom stereocenters. The lowest BCUT2D eigenvalue weighted by molar-refractivity contribution is 0.536. The fraction of sp³-hybridized carbons (Fsp3) is 0.235. The van der Waals surface area contributed by atoms with Gasteiger partial charge in [-0.1, -0.05) is 56.3 Å². The van der Waals surface area contributed by atoms with E-state index in [0.717, 1.165) is 10.7 Å². The number of hydrogen-bond donors (Lipinski definition) is 1. The van der Waals surface area contributed by atoms with Crippen molar-refractivity contribution in [3.63, 3.8) is 0 Å². The molecule has 0 aliphatic heterocycles. The van der Waals surface area contributed by atoms with Crippen molar-refractivity contribution in [2.24, 2.45) is 5.73 Å². The van der Waals surface area contributed by atoms with Crippen LogP contribution >= 0.6 is 11.3 Å². The third-order valence-corrected chi connectivity index (χ3v) is 4.87. The zero-order chi connectivity index (χ0) is 14.2. The van der Waals surface area contributed by atoms with Crippen molar-refractivity contribution in [2.45, 2.75) is 19.3 Å². The number of rotatable bonds is 3. The van der Waals surface area contributed by atoms with Gasteiger partial charge in [0, 0.05) is 22.9 Å². The zero-order valence-electron chi connectivity index (χ0n) is 11.8. The van der Waals surface area contributed by atoms with Crippen LogP contribution in [0.3, 0.4) is 0 Å². The van der Waals surface area contributed by atoms with E-state index in [1.54, 1.807) is 11.3 Å². The molecule has 0 saturated carbocycles. The van der Waals surface area contributed by atoms with Gasteiger partial charge in [0.05, 0.1) is 5.69 Å². The Labute approximate surface area is 123 Å². The molecule has 0 radical (unpaired) electrons. The number of nitrogens with two attached hydrogens (primary N) is 1. The summed E-state index contributed by atoms with van der Waals surface area (Å²) in [5.41, 5.74) is 8.02. The maximum Gasteiger partial charge on any atom is 0.100 e. The van der Waals surface area contributed by atoms with E-state index in [1.165, 1.54) is 16.3 Å². The van der Waals surface area contributed by atoms with E-state index in [0.29, 0.717) is 6.54 Å². The third-order valence-electron chi connectivity index (χ3n) is 3.66. The molecule has 102 valence electrons. The molecule has 2 N–H and O–H groups in total. The van der Waals surface area contributed by atoms with E-state index >= 15 is 0 Å². The molecular weight excluding hydrogens is 264 g/mol. The van der Waals surface area contributed by atoms with Gasteiger partial charge in [-0.3, -0.25) is 0 Å². The topological polar surface area (TPSA) is 38.9 Å². The number of benzene rings is 2.